The van der Waals surface area contributed by atoms with Crippen LogP contribution in [-0.2, 0) is 23.8 Å². The first-order chi connectivity index (χ1) is 10.6. The molecule has 1 atom stereocenters. The van der Waals surface area contributed by atoms with Crippen molar-refractivity contribution in [3.05, 3.63) is 0 Å². The van der Waals surface area contributed by atoms with Gasteiger partial charge in [-0.15, -0.1) is 0 Å². The highest BCUT2D eigenvalue weighted by Crippen LogP contribution is 2.04. The van der Waals surface area contributed by atoms with E-state index in [2.05, 4.69) is 6.92 Å². The number of carboxylic acid groups (broad SMARTS) is 1. The Kier molecular flexibility index (Phi) is 14.0. The zero-order valence-electron chi connectivity index (χ0n) is 13.8. The van der Waals surface area contributed by atoms with Gasteiger partial charge in [0, 0.05) is 19.4 Å². The van der Waals surface area contributed by atoms with Gasteiger partial charge in [0.25, 0.3) is 0 Å². The van der Waals surface area contributed by atoms with E-state index in [1.807, 2.05) is 0 Å². The van der Waals surface area contributed by atoms with Crippen LogP contribution in [0.15, 0.2) is 0 Å². The average Bonchev–Trinajstić information content (AvgIpc) is 2.46. The molecule has 0 saturated carbocycles. The maximum atomic E-state index is 11.5. The van der Waals surface area contributed by atoms with E-state index in [9.17, 15) is 9.59 Å². The van der Waals surface area contributed by atoms with E-state index in [0.29, 0.717) is 26.1 Å². The second-order valence-electron chi connectivity index (χ2n) is 5.20. The Labute approximate surface area is 133 Å². The molecule has 0 radical (unpaired) electrons. The van der Waals surface area contributed by atoms with Crippen LogP contribution in [0.25, 0.3) is 0 Å². The molecule has 6 heteroatoms. The third kappa shape index (κ3) is 15.3. The van der Waals surface area contributed by atoms with Crippen LogP contribution in [0.1, 0.15) is 65.2 Å². The Hall–Kier alpha value is -1.14. The van der Waals surface area contributed by atoms with E-state index in [4.69, 9.17) is 19.3 Å². The van der Waals surface area contributed by atoms with E-state index >= 15 is 0 Å². The molecule has 0 rings (SSSR count). The molecule has 0 aromatic heterocycles. The molecule has 1 N–H and O–H groups in total. The number of carboxylic acids is 1. The van der Waals surface area contributed by atoms with Gasteiger partial charge in [0.15, 0.2) is 6.29 Å². The number of unbranched alkanes of at least 4 members (excludes halogenated alkanes) is 4. The van der Waals surface area contributed by atoms with Crippen LogP contribution in [0.4, 0.5) is 0 Å². The minimum absolute atomic E-state index is 0.0783. The molecule has 6 nitrogen and oxygen atoms in total. The summed E-state index contributed by atoms with van der Waals surface area (Å²) >= 11 is 0. The molecule has 22 heavy (non-hydrogen) atoms. The Morgan fingerprint density at radius 1 is 0.955 bits per heavy atom. The molecule has 0 fully saturated rings. The predicted octanol–water partition coefficient (Wildman–Crippen LogP) is 3.13. The first-order valence-corrected chi connectivity index (χ1v) is 8.16. The van der Waals surface area contributed by atoms with Crippen LogP contribution in [0.3, 0.4) is 0 Å². The number of rotatable bonds is 15. The summed E-state index contributed by atoms with van der Waals surface area (Å²) in [4.78, 5) is 21.8. The van der Waals surface area contributed by atoms with Crippen LogP contribution in [-0.4, -0.2) is 43.2 Å². The Balaban J connectivity index is 3.38. The fourth-order valence-electron chi connectivity index (χ4n) is 1.83. The normalized spacial score (nSPS) is 12.1. The standard InChI is InChI=1S/C16H30O6/c1-3-4-5-8-11-20-12-13-21-14(2)22-16(19)10-7-6-9-15(17)18/h14H,3-13H2,1-2H3,(H,17,18). The molecule has 0 heterocycles. The summed E-state index contributed by atoms with van der Waals surface area (Å²) in [6.07, 6.45) is 5.38. The minimum Gasteiger partial charge on any atom is -0.481 e. The summed E-state index contributed by atoms with van der Waals surface area (Å²) in [5, 5.41) is 8.48. The van der Waals surface area contributed by atoms with Crippen LogP contribution >= 0.6 is 0 Å². The van der Waals surface area contributed by atoms with Crippen molar-refractivity contribution in [1.82, 2.24) is 0 Å². The molecule has 0 aliphatic rings. The zero-order valence-corrected chi connectivity index (χ0v) is 13.8. The largest absolute Gasteiger partial charge is 0.481 e. The summed E-state index contributed by atoms with van der Waals surface area (Å²) < 4.78 is 15.8. The molecular weight excluding hydrogens is 288 g/mol. The lowest BCUT2D eigenvalue weighted by molar-refractivity contribution is -0.177. The second-order valence-corrected chi connectivity index (χ2v) is 5.20. The fourth-order valence-corrected chi connectivity index (χ4v) is 1.83. The van der Waals surface area contributed by atoms with Crippen molar-refractivity contribution in [3.63, 3.8) is 0 Å². The second kappa shape index (κ2) is 14.8. The summed E-state index contributed by atoms with van der Waals surface area (Å²) in [7, 11) is 0. The molecule has 0 spiro atoms. The highest BCUT2D eigenvalue weighted by Gasteiger charge is 2.09. The number of ether oxygens (including phenoxy) is 3. The van der Waals surface area contributed by atoms with Gasteiger partial charge in [-0.05, 0) is 26.2 Å². The van der Waals surface area contributed by atoms with Crippen molar-refractivity contribution in [2.75, 3.05) is 19.8 Å². The van der Waals surface area contributed by atoms with Gasteiger partial charge in [-0.25, -0.2) is 0 Å². The molecule has 0 saturated heterocycles. The van der Waals surface area contributed by atoms with Gasteiger partial charge in [0.2, 0.25) is 0 Å². The zero-order chi connectivity index (χ0) is 16.6. The van der Waals surface area contributed by atoms with Crippen LogP contribution < -0.4 is 0 Å². The Morgan fingerprint density at radius 3 is 2.36 bits per heavy atom. The molecule has 0 amide bonds. The van der Waals surface area contributed by atoms with Crippen molar-refractivity contribution in [3.8, 4) is 0 Å². The molecule has 1 unspecified atom stereocenters. The van der Waals surface area contributed by atoms with Crippen molar-refractivity contribution < 1.29 is 28.9 Å². The summed E-state index contributed by atoms with van der Waals surface area (Å²) in [6.45, 7) is 5.45. The smallest absolute Gasteiger partial charge is 0.308 e. The maximum Gasteiger partial charge on any atom is 0.308 e. The molecule has 0 bridgehead atoms. The summed E-state index contributed by atoms with van der Waals surface area (Å²) in [6, 6.07) is 0. The van der Waals surface area contributed by atoms with Gasteiger partial charge in [-0.1, -0.05) is 26.2 Å². The number of carbonyl (C=O) groups is 2. The number of esters is 1. The number of carbonyl (C=O) groups excluding carboxylic acids is 1. The third-order valence-corrected chi connectivity index (χ3v) is 3.04. The van der Waals surface area contributed by atoms with E-state index in [-0.39, 0.29) is 18.8 Å². The molecule has 0 aromatic carbocycles. The van der Waals surface area contributed by atoms with E-state index < -0.39 is 12.3 Å². The molecule has 0 aliphatic heterocycles. The highest BCUT2D eigenvalue weighted by atomic mass is 16.7. The maximum absolute atomic E-state index is 11.5. The predicted molar refractivity (Wildman–Crippen MR) is 82.6 cm³/mol. The molecular formula is C16H30O6. The highest BCUT2D eigenvalue weighted by molar-refractivity contribution is 5.69. The SMILES string of the molecule is CCCCCCOCCOC(C)OC(=O)CCCCC(=O)O. The van der Waals surface area contributed by atoms with Gasteiger partial charge in [-0.2, -0.15) is 0 Å². The first kappa shape index (κ1) is 20.9. The van der Waals surface area contributed by atoms with Crippen molar-refractivity contribution in [2.45, 2.75) is 71.5 Å². The minimum atomic E-state index is -0.847. The van der Waals surface area contributed by atoms with Crippen LogP contribution in [0.2, 0.25) is 0 Å². The van der Waals surface area contributed by atoms with Crippen LogP contribution in [0.5, 0.6) is 0 Å². The Morgan fingerprint density at radius 2 is 1.68 bits per heavy atom. The van der Waals surface area contributed by atoms with Gasteiger partial charge < -0.3 is 19.3 Å². The lowest BCUT2D eigenvalue weighted by Crippen LogP contribution is -2.20. The van der Waals surface area contributed by atoms with Gasteiger partial charge in [-0.3, -0.25) is 9.59 Å². The van der Waals surface area contributed by atoms with Gasteiger partial charge in [0.1, 0.15) is 0 Å². The van der Waals surface area contributed by atoms with Crippen molar-refractivity contribution in [1.29, 1.82) is 0 Å². The van der Waals surface area contributed by atoms with E-state index in [0.717, 1.165) is 13.0 Å². The number of aliphatic carboxylic acids is 1. The average molecular weight is 318 g/mol. The quantitative estimate of drug-likeness (QED) is 0.284. The monoisotopic (exact) mass is 318 g/mol. The number of hydrogen-bond donors (Lipinski definition) is 1. The van der Waals surface area contributed by atoms with Gasteiger partial charge >= 0.3 is 11.9 Å². The van der Waals surface area contributed by atoms with Crippen LogP contribution in [0, 0.1) is 0 Å². The van der Waals surface area contributed by atoms with Crippen molar-refractivity contribution in [2.24, 2.45) is 0 Å². The van der Waals surface area contributed by atoms with Crippen molar-refractivity contribution >= 4 is 11.9 Å². The van der Waals surface area contributed by atoms with Gasteiger partial charge in [0.05, 0.1) is 13.2 Å². The number of hydrogen-bond acceptors (Lipinski definition) is 5. The Bertz CT molecular complexity index is 292. The lowest BCUT2D eigenvalue weighted by Gasteiger charge is -2.14. The summed E-state index contributed by atoms with van der Waals surface area (Å²) in [5.74, 6) is -1.21. The third-order valence-electron chi connectivity index (χ3n) is 3.04. The summed E-state index contributed by atoms with van der Waals surface area (Å²) in [5.41, 5.74) is 0. The van der Waals surface area contributed by atoms with E-state index in [1.54, 1.807) is 6.92 Å². The fraction of sp³-hybridized carbons (Fsp3) is 0.875. The lowest BCUT2D eigenvalue weighted by atomic mass is 10.2. The molecule has 0 aliphatic carbocycles. The first-order valence-electron chi connectivity index (χ1n) is 8.16. The topological polar surface area (TPSA) is 82.1 Å². The van der Waals surface area contributed by atoms with E-state index in [1.165, 1.54) is 19.3 Å². The molecule has 130 valence electrons. The molecule has 0 aromatic rings.